The Morgan fingerprint density at radius 1 is 1.16 bits per heavy atom. The van der Waals surface area contributed by atoms with E-state index in [-0.39, 0.29) is 30.9 Å². The highest BCUT2D eigenvalue weighted by Gasteiger charge is 2.33. The van der Waals surface area contributed by atoms with Crippen LogP contribution in [-0.2, 0) is 0 Å². The number of phenolic OH excluding ortho intramolecular Hbond substituents is 1. The quantitative estimate of drug-likeness (QED) is 0.699. The van der Waals surface area contributed by atoms with Gasteiger partial charge in [-0.25, -0.2) is 0 Å². The maximum absolute atomic E-state index is 10.8. The van der Waals surface area contributed by atoms with Gasteiger partial charge in [0.25, 0.3) is 0 Å². The van der Waals surface area contributed by atoms with E-state index in [0.717, 1.165) is 36.2 Å². The molecule has 4 nitrogen and oxygen atoms in total. The van der Waals surface area contributed by atoms with Crippen LogP contribution >= 0.6 is 40.7 Å². The van der Waals surface area contributed by atoms with Crippen molar-refractivity contribution in [2.24, 2.45) is 5.92 Å². The molecule has 1 aliphatic carbocycles. The van der Waals surface area contributed by atoms with Crippen molar-refractivity contribution in [3.63, 3.8) is 0 Å². The first kappa shape index (κ1) is 22.8. The second-order valence-electron chi connectivity index (χ2n) is 6.67. The van der Waals surface area contributed by atoms with Gasteiger partial charge in [0.15, 0.2) is 11.5 Å². The predicted octanol–water partition coefficient (Wildman–Crippen LogP) is 4.53. The molecule has 1 saturated heterocycles. The number of phenols is 1. The lowest BCUT2D eigenvalue weighted by Crippen LogP contribution is -2.47. The standard InChI is InChI=1S/C18H27BrN2O2.2ClH/c1-23-16-12-14(19)11-15(18(16)22)17(13-5-3-2-4-6-13)21-9-7-20-8-10-21;;/h11-13,17,20,22H,2-10H2,1H3;2*1H/t17-;;/m0../s1. The first-order valence-corrected chi connectivity index (χ1v) is 9.51. The van der Waals surface area contributed by atoms with Crippen molar-refractivity contribution in [3.8, 4) is 11.5 Å². The smallest absolute Gasteiger partial charge is 0.162 e. The molecule has 1 heterocycles. The zero-order chi connectivity index (χ0) is 16.2. The molecular weight excluding hydrogens is 427 g/mol. The van der Waals surface area contributed by atoms with Crippen molar-refractivity contribution in [2.45, 2.75) is 38.1 Å². The molecule has 1 aliphatic heterocycles. The van der Waals surface area contributed by atoms with Crippen molar-refractivity contribution in [3.05, 3.63) is 22.2 Å². The number of rotatable bonds is 4. The summed E-state index contributed by atoms with van der Waals surface area (Å²) >= 11 is 3.58. The highest BCUT2D eigenvalue weighted by atomic mass is 79.9. The third-order valence-corrected chi connectivity index (χ3v) is 5.71. The van der Waals surface area contributed by atoms with Crippen molar-refractivity contribution < 1.29 is 9.84 Å². The van der Waals surface area contributed by atoms with Gasteiger partial charge in [0, 0.05) is 42.3 Å². The van der Waals surface area contributed by atoms with Gasteiger partial charge in [-0.15, -0.1) is 24.8 Å². The number of aromatic hydroxyl groups is 1. The van der Waals surface area contributed by atoms with E-state index in [1.54, 1.807) is 7.11 Å². The van der Waals surface area contributed by atoms with Crippen LogP contribution in [0.25, 0.3) is 0 Å². The van der Waals surface area contributed by atoms with Crippen molar-refractivity contribution in [2.75, 3.05) is 33.3 Å². The fourth-order valence-electron chi connectivity index (χ4n) is 4.13. The van der Waals surface area contributed by atoms with Crippen LogP contribution in [-0.4, -0.2) is 43.3 Å². The number of hydrogen-bond acceptors (Lipinski definition) is 4. The highest BCUT2D eigenvalue weighted by molar-refractivity contribution is 9.10. The molecule has 25 heavy (non-hydrogen) atoms. The molecule has 1 saturated carbocycles. The van der Waals surface area contributed by atoms with Gasteiger partial charge in [-0.1, -0.05) is 35.2 Å². The minimum atomic E-state index is 0. The summed E-state index contributed by atoms with van der Waals surface area (Å²) < 4.78 is 6.35. The molecule has 2 N–H and O–H groups in total. The van der Waals surface area contributed by atoms with Crippen LogP contribution in [0.3, 0.4) is 0 Å². The molecule has 0 aromatic heterocycles. The predicted molar refractivity (Wildman–Crippen MR) is 111 cm³/mol. The van der Waals surface area contributed by atoms with E-state index in [1.165, 1.54) is 32.1 Å². The van der Waals surface area contributed by atoms with E-state index in [4.69, 9.17) is 4.74 Å². The number of halogens is 3. The summed E-state index contributed by atoms with van der Waals surface area (Å²) in [4.78, 5) is 2.55. The number of methoxy groups -OCH3 is 1. The topological polar surface area (TPSA) is 44.7 Å². The lowest BCUT2D eigenvalue weighted by atomic mass is 9.80. The van der Waals surface area contributed by atoms with Crippen LogP contribution < -0.4 is 10.1 Å². The first-order valence-electron chi connectivity index (χ1n) is 8.72. The fraction of sp³-hybridized carbons (Fsp3) is 0.667. The zero-order valence-corrected chi connectivity index (χ0v) is 17.9. The Labute approximate surface area is 171 Å². The van der Waals surface area contributed by atoms with E-state index < -0.39 is 0 Å². The summed E-state index contributed by atoms with van der Waals surface area (Å²) in [5.74, 6) is 1.49. The Hall–Kier alpha value is -0.200. The third-order valence-electron chi connectivity index (χ3n) is 5.25. The summed E-state index contributed by atoms with van der Waals surface area (Å²) in [6, 6.07) is 4.21. The van der Waals surface area contributed by atoms with E-state index in [2.05, 4.69) is 32.2 Å². The Bertz CT molecular complexity index is 518. The number of piperazine rings is 1. The fourth-order valence-corrected chi connectivity index (χ4v) is 4.59. The zero-order valence-electron chi connectivity index (χ0n) is 14.7. The lowest BCUT2D eigenvalue weighted by molar-refractivity contribution is 0.101. The Kier molecular flexibility index (Phi) is 9.89. The Balaban J connectivity index is 0.00000156. The molecule has 1 atom stereocenters. The van der Waals surface area contributed by atoms with Crippen LogP contribution in [0.5, 0.6) is 11.5 Å². The molecule has 2 aliphatic rings. The second-order valence-corrected chi connectivity index (χ2v) is 7.59. The second kappa shape index (κ2) is 10.8. The van der Waals surface area contributed by atoms with Crippen LogP contribution in [0.1, 0.15) is 43.7 Å². The molecule has 1 aromatic rings. The number of nitrogens with zero attached hydrogens (tertiary/aromatic N) is 1. The summed E-state index contributed by atoms with van der Waals surface area (Å²) in [5.41, 5.74) is 1.02. The minimum absolute atomic E-state index is 0. The van der Waals surface area contributed by atoms with Crippen molar-refractivity contribution >= 4 is 40.7 Å². The minimum Gasteiger partial charge on any atom is -0.504 e. The number of benzene rings is 1. The number of hydrogen-bond donors (Lipinski definition) is 2. The number of nitrogens with one attached hydrogen (secondary N) is 1. The number of ether oxygens (including phenoxy) is 1. The Morgan fingerprint density at radius 2 is 1.80 bits per heavy atom. The average Bonchev–Trinajstić information content (AvgIpc) is 2.60. The molecule has 0 unspecified atom stereocenters. The summed E-state index contributed by atoms with van der Waals surface area (Å²) in [7, 11) is 1.62. The average molecular weight is 456 g/mol. The molecule has 0 bridgehead atoms. The van der Waals surface area contributed by atoms with E-state index in [1.807, 2.05) is 6.07 Å². The molecule has 2 fully saturated rings. The van der Waals surface area contributed by atoms with Gasteiger partial charge in [0.1, 0.15) is 0 Å². The Morgan fingerprint density at radius 3 is 2.40 bits per heavy atom. The van der Waals surface area contributed by atoms with Gasteiger partial charge in [-0.05, 0) is 30.9 Å². The van der Waals surface area contributed by atoms with Gasteiger partial charge in [-0.2, -0.15) is 0 Å². The van der Waals surface area contributed by atoms with Crippen LogP contribution in [0.2, 0.25) is 0 Å². The summed E-state index contributed by atoms with van der Waals surface area (Å²) in [5, 5.41) is 14.2. The summed E-state index contributed by atoms with van der Waals surface area (Å²) in [6.45, 7) is 4.12. The van der Waals surface area contributed by atoms with Crippen LogP contribution in [0.15, 0.2) is 16.6 Å². The van der Waals surface area contributed by atoms with Crippen LogP contribution in [0.4, 0.5) is 0 Å². The third kappa shape index (κ3) is 5.39. The molecule has 7 heteroatoms. The maximum atomic E-state index is 10.8. The van der Waals surface area contributed by atoms with Crippen molar-refractivity contribution in [1.29, 1.82) is 0 Å². The largest absolute Gasteiger partial charge is 0.504 e. The van der Waals surface area contributed by atoms with Gasteiger partial charge < -0.3 is 15.2 Å². The van der Waals surface area contributed by atoms with Crippen molar-refractivity contribution in [1.82, 2.24) is 10.2 Å². The first-order chi connectivity index (χ1) is 11.2. The molecule has 0 spiro atoms. The normalized spacial score (nSPS) is 20.2. The molecule has 1 aromatic carbocycles. The van der Waals surface area contributed by atoms with E-state index in [0.29, 0.717) is 17.4 Å². The van der Waals surface area contributed by atoms with E-state index in [9.17, 15) is 5.11 Å². The van der Waals surface area contributed by atoms with Crippen LogP contribution in [0, 0.1) is 5.92 Å². The maximum Gasteiger partial charge on any atom is 0.162 e. The summed E-state index contributed by atoms with van der Waals surface area (Å²) in [6.07, 6.45) is 6.46. The molecule has 144 valence electrons. The van der Waals surface area contributed by atoms with Gasteiger partial charge in [0.05, 0.1) is 7.11 Å². The molecule has 0 amide bonds. The van der Waals surface area contributed by atoms with Gasteiger partial charge >= 0.3 is 0 Å². The molecular formula is C18H29BrCl2N2O2. The van der Waals surface area contributed by atoms with E-state index >= 15 is 0 Å². The lowest BCUT2D eigenvalue weighted by Gasteiger charge is -2.41. The molecule has 0 radical (unpaired) electrons. The van der Waals surface area contributed by atoms with Gasteiger partial charge in [0.2, 0.25) is 0 Å². The monoisotopic (exact) mass is 454 g/mol. The molecule has 3 rings (SSSR count). The highest BCUT2D eigenvalue weighted by Crippen LogP contribution is 2.45. The van der Waals surface area contributed by atoms with Gasteiger partial charge in [-0.3, -0.25) is 4.90 Å². The SMILES string of the molecule is COc1cc(Br)cc([C@H](C2CCCCC2)N2CCNCC2)c1O.Cl.Cl.